The van der Waals surface area contributed by atoms with Crippen LogP contribution in [0.15, 0.2) is 24.3 Å². The molecule has 1 heterocycles. The highest BCUT2D eigenvalue weighted by Gasteiger charge is 2.29. The van der Waals surface area contributed by atoms with Crippen molar-refractivity contribution in [3.8, 4) is 5.75 Å². The zero-order valence-electron chi connectivity index (χ0n) is 10.1. The number of benzene rings is 1. The molecule has 3 rings (SSSR count). The van der Waals surface area contributed by atoms with Crippen LogP contribution in [0.3, 0.4) is 0 Å². The molecule has 0 radical (unpaired) electrons. The van der Waals surface area contributed by atoms with Gasteiger partial charge >= 0.3 is 0 Å². The maximum Gasteiger partial charge on any atom is 0.123 e. The van der Waals surface area contributed by atoms with E-state index in [0.29, 0.717) is 6.10 Å². The second-order valence-electron chi connectivity index (χ2n) is 5.34. The molecule has 1 saturated carbocycles. The molecule has 0 N–H and O–H groups in total. The van der Waals surface area contributed by atoms with E-state index < -0.39 is 0 Å². The van der Waals surface area contributed by atoms with E-state index in [0.717, 1.165) is 22.9 Å². The van der Waals surface area contributed by atoms with Gasteiger partial charge in [-0.1, -0.05) is 34.1 Å². The highest BCUT2D eigenvalue weighted by atomic mass is 79.9. The molecule has 1 aromatic rings. The Balaban J connectivity index is 1.43. The molecule has 2 unspecified atom stereocenters. The first-order valence-electron chi connectivity index (χ1n) is 6.71. The van der Waals surface area contributed by atoms with Gasteiger partial charge in [0, 0.05) is 11.2 Å². The van der Waals surface area contributed by atoms with Gasteiger partial charge in [-0.2, -0.15) is 0 Å². The van der Waals surface area contributed by atoms with Crippen molar-refractivity contribution < 1.29 is 4.74 Å². The first-order chi connectivity index (χ1) is 8.33. The number of para-hydroxylation sites is 1. The Labute approximate surface area is 112 Å². The third-order valence-electron chi connectivity index (χ3n) is 3.85. The summed E-state index contributed by atoms with van der Waals surface area (Å²) in [5, 5.41) is 0. The van der Waals surface area contributed by atoms with E-state index in [1.807, 2.05) is 0 Å². The first kappa shape index (κ1) is 11.6. The number of fused-ring (bicyclic) bond motifs is 1. The molecule has 2 heteroatoms. The Morgan fingerprint density at radius 3 is 2.88 bits per heavy atom. The number of rotatable bonds is 5. The summed E-state index contributed by atoms with van der Waals surface area (Å²) >= 11 is 3.80. The average molecular weight is 295 g/mol. The van der Waals surface area contributed by atoms with Crippen molar-refractivity contribution in [2.24, 2.45) is 5.92 Å². The van der Waals surface area contributed by atoms with Gasteiger partial charge in [0.15, 0.2) is 0 Å². The van der Waals surface area contributed by atoms with Crippen LogP contribution in [0.5, 0.6) is 5.75 Å². The van der Waals surface area contributed by atoms with Crippen LogP contribution in [0, 0.1) is 5.92 Å². The van der Waals surface area contributed by atoms with Crippen LogP contribution >= 0.6 is 15.9 Å². The van der Waals surface area contributed by atoms with Crippen molar-refractivity contribution >= 4 is 15.9 Å². The Kier molecular flexibility index (Phi) is 3.41. The van der Waals surface area contributed by atoms with Crippen LogP contribution < -0.4 is 4.74 Å². The van der Waals surface area contributed by atoms with E-state index in [4.69, 9.17) is 4.74 Å². The maximum absolute atomic E-state index is 5.95. The molecule has 2 atom stereocenters. The SMILES string of the molecule is BrC(CCCC1Cc2ccccc2O1)C1CC1. The second kappa shape index (κ2) is 5.01. The summed E-state index contributed by atoms with van der Waals surface area (Å²) in [4.78, 5) is 0.756. The number of alkyl halides is 1. The summed E-state index contributed by atoms with van der Waals surface area (Å²) in [6.45, 7) is 0. The Morgan fingerprint density at radius 2 is 2.12 bits per heavy atom. The smallest absolute Gasteiger partial charge is 0.123 e. The van der Waals surface area contributed by atoms with E-state index in [2.05, 4.69) is 40.2 Å². The molecule has 0 saturated heterocycles. The molecule has 0 amide bonds. The fourth-order valence-electron chi connectivity index (χ4n) is 2.65. The minimum absolute atomic E-state index is 0.423. The van der Waals surface area contributed by atoms with E-state index in [-0.39, 0.29) is 0 Å². The number of hydrogen-bond donors (Lipinski definition) is 0. The molecule has 1 fully saturated rings. The lowest BCUT2D eigenvalue weighted by atomic mass is 10.0. The summed E-state index contributed by atoms with van der Waals surface area (Å²) in [5.41, 5.74) is 1.38. The van der Waals surface area contributed by atoms with E-state index in [1.165, 1.54) is 37.7 Å². The Morgan fingerprint density at radius 1 is 1.29 bits per heavy atom. The first-order valence-corrected chi connectivity index (χ1v) is 7.63. The summed E-state index contributed by atoms with van der Waals surface area (Å²) < 4.78 is 5.95. The van der Waals surface area contributed by atoms with Crippen LogP contribution in [-0.2, 0) is 6.42 Å². The third kappa shape index (κ3) is 2.85. The van der Waals surface area contributed by atoms with Gasteiger partial charge in [-0.25, -0.2) is 0 Å². The number of halogens is 1. The van der Waals surface area contributed by atoms with Crippen molar-refractivity contribution in [2.45, 2.75) is 49.5 Å². The van der Waals surface area contributed by atoms with E-state index in [1.54, 1.807) is 0 Å². The molecule has 0 spiro atoms. The molecule has 17 heavy (non-hydrogen) atoms. The zero-order valence-corrected chi connectivity index (χ0v) is 11.7. The number of ether oxygens (including phenoxy) is 1. The lowest BCUT2D eigenvalue weighted by Gasteiger charge is -2.12. The fourth-order valence-corrected chi connectivity index (χ4v) is 3.50. The molecule has 1 aromatic carbocycles. The molecule has 1 aliphatic carbocycles. The predicted octanol–water partition coefficient (Wildman–Crippen LogP) is 4.33. The van der Waals surface area contributed by atoms with E-state index in [9.17, 15) is 0 Å². The Bertz CT molecular complexity index is 361. The van der Waals surface area contributed by atoms with Crippen LogP contribution in [0.2, 0.25) is 0 Å². The minimum atomic E-state index is 0.423. The van der Waals surface area contributed by atoms with Gasteiger partial charge in [0.25, 0.3) is 0 Å². The zero-order chi connectivity index (χ0) is 11.7. The largest absolute Gasteiger partial charge is 0.490 e. The predicted molar refractivity (Wildman–Crippen MR) is 73.9 cm³/mol. The van der Waals surface area contributed by atoms with E-state index >= 15 is 0 Å². The van der Waals surface area contributed by atoms with Crippen LogP contribution in [0.25, 0.3) is 0 Å². The van der Waals surface area contributed by atoms with Crippen LogP contribution in [0.1, 0.15) is 37.7 Å². The summed E-state index contributed by atoms with van der Waals surface area (Å²) in [5.74, 6) is 2.08. The van der Waals surface area contributed by atoms with Gasteiger partial charge in [0.1, 0.15) is 11.9 Å². The van der Waals surface area contributed by atoms with Crippen molar-refractivity contribution in [3.05, 3.63) is 29.8 Å². The molecule has 2 aliphatic rings. The third-order valence-corrected chi connectivity index (χ3v) is 5.06. The van der Waals surface area contributed by atoms with Crippen molar-refractivity contribution in [1.29, 1.82) is 0 Å². The average Bonchev–Trinajstić information content (AvgIpc) is 3.09. The summed E-state index contributed by atoms with van der Waals surface area (Å²) in [6.07, 6.45) is 8.18. The second-order valence-corrected chi connectivity index (χ2v) is 6.51. The maximum atomic E-state index is 5.95. The van der Waals surface area contributed by atoms with Gasteiger partial charge in [-0.15, -0.1) is 0 Å². The van der Waals surface area contributed by atoms with Crippen molar-refractivity contribution in [2.75, 3.05) is 0 Å². The molecule has 1 nitrogen and oxygen atoms in total. The van der Waals surface area contributed by atoms with Crippen LogP contribution in [0.4, 0.5) is 0 Å². The van der Waals surface area contributed by atoms with Crippen LogP contribution in [-0.4, -0.2) is 10.9 Å². The molecular formula is C15H19BrO. The normalized spacial score (nSPS) is 24.2. The molecule has 0 bridgehead atoms. The standard InChI is InChI=1S/C15H19BrO/c16-14(11-8-9-11)6-3-5-13-10-12-4-1-2-7-15(12)17-13/h1-2,4,7,11,13-14H,3,5-6,8-10H2. The molecule has 92 valence electrons. The highest BCUT2D eigenvalue weighted by molar-refractivity contribution is 9.09. The molecular weight excluding hydrogens is 276 g/mol. The minimum Gasteiger partial charge on any atom is -0.490 e. The summed E-state index contributed by atoms with van der Waals surface area (Å²) in [7, 11) is 0. The van der Waals surface area contributed by atoms with Crippen molar-refractivity contribution in [1.82, 2.24) is 0 Å². The molecule has 0 aromatic heterocycles. The lowest BCUT2D eigenvalue weighted by molar-refractivity contribution is 0.216. The van der Waals surface area contributed by atoms with Gasteiger partial charge < -0.3 is 4.74 Å². The topological polar surface area (TPSA) is 9.23 Å². The fraction of sp³-hybridized carbons (Fsp3) is 0.600. The monoisotopic (exact) mass is 294 g/mol. The van der Waals surface area contributed by atoms with Gasteiger partial charge in [0.05, 0.1) is 0 Å². The van der Waals surface area contributed by atoms with Gasteiger partial charge in [-0.05, 0) is 49.7 Å². The number of hydrogen-bond acceptors (Lipinski definition) is 1. The summed E-state index contributed by atoms with van der Waals surface area (Å²) in [6, 6.07) is 8.44. The Hall–Kier alpha value is -0.500. The van der Waals surface area contributed by atoms with Crippen molar-refractivity contribution in [3.63, 3.8) is 0 Å². The molecule has 1 aliphatic heterocycles. The van der Waals surface area contributed by atoms with Gasteiger partial charge in [-0.3, -0.25) is 0 Å². The lowest BCUT2D eigenvalue weighted by Crippen LogP contribution is -2.13. The van der Waals surface area contributed by atoms with Gasteiger partial charge in [0.2, 0.25) is 0 Å². The quantitative estimate of drug-likeness (QED) is 0.734. The highest BCUT2D eigenvalue weighted by Crippen LogP contribution is 2.39.